The SMILES string of the molecule is O=[N+]([O-])c1cc(F)cnc1-c1c(Cl)cc(Cl)cc1Cl. The van der Waals surface area contributed by atoms with Crippen molar-refractivity contribution in [2.75, 3.05) is 0 Å². The highest BCUT2D eigenvalue weighted by Gasteiger charge is 2.22. The number of pyridine rings is 1. The lowest BCUT2D eigenvalue weighted by Crippen LogP contribution is -1.97. The Morgan fingerprint density at radius 2 is 1.74 bits per heavy atom. The lowest BCUT2D eigenvalue weighted by atomic mass is 10.1. The molecule has 0 unspecified atom stereocenters. The molecule has 0 aliphatic carbocycles. The number of hydrogen-bond acceptors (Lipinski definition) is 3. The summed E-state index contributed by atoms with van der Waals surface area (Å²) in [5.74, 6) is -0.823. The summed E-state index contributed by atoms with van der Waals surface area (Å²) in [6.45, 7) is 0. The third kappa shape index (κ3) is 2.78. The van der Waals surface area contributed by atoms with Gasteiger partial charge in [0.05, 0.1) is 27.2 Å². The van der Waals surface area contributed by atoms with Crippen LogP contribution >= 0.6 is 34.8 Å². The average Bonchev–Trinajstić information content (AvgIpc) is 2.29. The van der Waals surface area contributed by atoms with Crippen molar-refractivity contribution in [3.8, 4) is 11.3 Å². The first-order valence-electron chi connectivity index (χ1n) is 4.85. The first-order chi connectivity index (χ1) is 8.90. The minimum absolute atomic E-state index is 0.0970. The van der Waals surface area contributed by atoms with Gasteiger partial charge < -0.3 is 0 Å². The molecule has 1 aromatic heterocycles. The van der Waals surface area contributed by atoms with E-state index >= 15 is 0 Å². The van der Waals surface area contributed by atoms with E-state index < -0.39 is 16.4 Å². The molecule has 0 N–H and O–H groups in total. The monoisotopic (exact) mass is 320 g/mol. The van der Waals surface area contributed by atoms with Crippen LogP contribution in [-0.2, 0) is 0 Å². The Morgan fingerprint density at radius 3 is 2.26 bits per heavy atom. The van der Waals surface area contributed by atoms with Crippen LogP contribution < -0.4 is 0 Å². The molecular weight excluding hydrogens is 317 g/mol. The Kier molecular flexibility index (Phi) is 3.89. The fourth-order valence-corrected chi connectivity index (χ4v) is 2.52. The number of nitro groups is 1. The second-order valence-corrected chi connectivity index (χ2v) is 4.77. The fraction of sp³-hybridized carbons (Fsp3) is 0. The molecule has 0 amide bonds. The van der Waals surface area contributed by atoms with Crippen molar-refractivity contribution >= 4 is 40.5 Å². The van der Waals surface area contributed by atoms with E-state index in [0.29, 0.717) is 0 Å². The zero-order chi connectivity index (χ0) is 14.2. The van der Waals surface area contributed by atoms with Crippen molar-refractivity contribution in [3.05, 3.63) is 55.4 Å². The second kappa shape index (κ2) is 5.28. The molecule has 0 aliphatic rings. The van der Waals surface area contributed by atoms with Crippen LogP contribution in [-0.4, -0.2) is 9.91 Å². The molecule has 19 heavy (non-hydrogen) atoms. The van der Waals surface area contributed by atoms with Crippen molar-refractivity contribution in [3.63, 3.8) is 0 Å². The quantitative estimate of drug-likeness (QED) is 0.592. The fourth-order valence-electron chi connectivity index (χ4n) is 1.53. The number of hydrogen-bond donors (Lipinski definition) is 0. The number of benzene rings is 1. The van der Waals surface area contributed by atoms with Gasteiger partial charge in [0.2, 0.25) is 0 Å². The Morgan fingerprint density at radius 1 is 1.16 bits per heavy atom. The standard InChI is InChI=1S/C11H4Cl3FN2O2/c12-5-1-7(13)10(8(14)2-5)11-9(17(18)19)3-6(15)4-16-11/h1-4H. The maximum Gasteiger partial charge on any atom is 0.298 e. The second-order valence-electron chi connectivity index (χ2n) is 3.52. The summed E-state index contributed by atoms with van der Waals surface area (Å²) in [6.07, 6.45) is 0.851. The molecule has 0 spiro atoms. The minimum Gasteiger partial charge on any atom is -0.258 e. The van der Waals surface area contributed by atoms with E-state index in [-0.39, 0.29) is 26.3 Å². The zero-order valence-corrected chi connectivity index (χ0v) is 11.3. The number of nitrogens with zero attached hydrogens (tertiary/aromatic N) is 2. The Labute approximate surface area is 121 Å². The molecule has 1 heterocycles. The summed E-state index contributed by atoms with van der Waals surface area (Å²) in [5, 5.41) is 11.4. The lowest BCUT2D eigenvalue weighted by Gasteiger charge is -2.07. The van der Waals surface area contributed by atoms with Crippen LogP contribution in [0.15, 0.2) is 24.4 Å². The molecule has 0 atom stereocenters. The van der Waals surface area contributed by atoms with Crippen molar-refractivity contribution in [2.24, 2.45) is 0 Å². The number of halogens is 4. The van der Waals surface area contributed by atoms with E-state index in [1.165, 1.54) is 12.1 Å². The van der Waals surface area contributed by atoms with Gasteiger partial charge in [0.25, 0.3) is 5.69 Å². The van der Waals surface area contributed by atoms with Crippen molar-refractivity contribution in [2.45, 2.75) is 0 Å². The van der Waals surface area contributed by atoms with Gasteiger partial charge in [-0.25, -0.2) is 9.37 Å². The van der Waals surface area contributed by atoms with Crippen molar-refractivity contribution in [1.82, 2.24) is 4.98 Å². The predicted octanol–water partition coefficient (Wildman–Crippen LogP) is 4.76. The summed E-state index contributed by atoms with van der Waals surface area (Å²) in [7, 11) is 0. The molecule has 0 radical (unpaired) electrons. The summed E-state index contributed by atoms with van der Waals surface area (Å²) < 4.78 is 13.0. The van der Waals surface area contributed by atoms with Crippen LogP contribution in [0, 0.1) is 15.9 Å². The van der Waals surface area contributed by atoms with E-state index in [1.54, 1.807) is 0 Å². The average molecular weight is 322 g/mol. The van der Waals surface area contributed by atoms with Gasteiger partial charge in [0.1, 0.15) is 5.82 Å². The van der Waals surface area contributed by atoms with E-state index in [0.717, 1.165) is 12.3 Å². The molecule has 0 bridgehead atoms. The zero-order valence-electron chi connectivity index (χ0n) is 9.03. The molecule has 2 aromatic rings. The first-order valence-corrected chi connectivity index (χ1v) is 5.98. The van der Waals surface area contributed by atoms with Crippen LogP contribution in [0.4, 0.5) is 10.1 Å². The van der Waals surface area contributed by atoms with Crippen LogP contribution in [0.2, 0.25) is 15.1 Å². The molecule has 4 nitrogen and oxygen atoms in total. The first kappa shape index (κ1) is 14.0. The summed E-state index contributed by atoms with van der Waals surface area (Å²) in [4.78, 5) is 13.9. The molecule has 0 fully saturated rings. The molecule has 0 saturated carbocycles. The van der Waals surface area contributed by atoms with E-state index in [1.807, 2.05) is 0 Å². The van der Waals surface area contributed by atoms with Crippen LogP contribution in [0.25, 0.3) is 11.3 Å². The highest BCUT2D eigenvalue weighted by Crippen LogP contribution is 2.40. The highest BCUT2D eigenvalue weighted by atomic mass is 35.5. The summed E-state index contributed by atoms with van der Waals surface area (Å²) in [6, 6.07) is 3.50. The molecular formula is C11H4Cl3FN2O2. The van der Waals surface area contributed by atoms with E-state index in [2.05, 4.69) is 4.98 Å². The van der Waals surface area contributed by atoms with Gasteiger partial charge >= 0.3 is 0 Å². The van der Waals surface area contributed by atoms with Gasteiger partial charge in [-0.15, -0.1) is 0 Å². The highest BCUT2D eigenvalue weighted by molar-refractivity contribution is 6.41. The van der Waals surface area contributed by atoms with Crippen molar-refractivity contribution < 1.29 is 9.31 Å². The number of aromatic nitrogens is 1. The van der Waals surface area contributed by atoms with Gasteiger partial charge in [0.15, 0.2) is 5.69 Å². The Balaban J connectivity index is 2.76. The van der Waals surface area contributed by atoms with Gasteiger partial charge in [-0.2, -0.15) is 0 Å². The summed E-state index contributed by atoms with van der Waals surface area (Å²) in [5.41, 5.74) is -0.497. The third-order valence-corrected chi connectivity index (χ3v) is 3.09. The molecule has 2 rings (SSSR count). The molecule has 1 aromatic carbocycles. The third-order valence-electron chi connectivity index (χ3n) is 2.27. The molecule has 0 aliphatic heterocycles. The van der Waals surface area contributed by atoms with Gasteiger partial charge in [-0.1, -0.05) is 34.8 Å². The van der Waals surface area contributed by atoms with E-state index in [4.69, 9.17) is 34.8 Å². The van der Waals surface area contributed by atoms with E-state index in [9.17, 15) is 14.5 Å². The normalized spacial score (nSPS) is 10.5. The minimum atomic E-state index is -0.823. The molecule has 98 valence electrons. The predicted molar refractivity (Wildman–Crippen MR) is 71.3 cm³/mol. The summed E-state index contributed by atoms with van der Waals surface area (Å²) >= 11 is 17.7. The van der Waals surface area contributed by atoms with Gasteiger partial charge in [-0.05, 0) is 12.1 Å². The van der Waals surface area contributed by atoms with Crippen LogP contribution in [0.5, 0.6) is 0 Å². The molecule has 8 heteroatoms. The Bertz CT molecular complexity index is 656. The smallest absolute Gasteiger partial charge is 0.258 e. The largest absolute Gasteiger partial charge is 0.298 e. The van der Waals surface area contributed by atoms with Gasteiger partial charge in [0, 0.05) is 10.6 Å². The van der Waals surface area contributed by atoms with Crippen molar-refractivity contribution in [1.29, 1.82) is 0 Å². The van der Waals surface area contributed by atoms with Crippen LogP contribution in [0.1, 0.15) is 0 Å². The maximum absolute atomic E-state index is 13.0. The van der Waals surface area contributed by atoms with Crippen LogP contribution in [0.3, 0.4) is 0 Å². The molecule has 0 saturated heterocycles. The Hall–Kier alpha value is -1.43. The lowest BCUT2D eigenvalue weighted by molar-refractivity contribution is -0.384. The topological polar surface area (TPSA) is 56.0 Å². The number of rotatable bonds is 2. The maximum atomic E-state index is 13.0. The van der Waals surface area contributed by atoms with Gasteiger partial charge in [-0.3, -0.25) is 10.1 Å².